The SMILES string of the molecule is COCCCN(Cc1csc(COc2cccc(C)c2C)n1)C(=O)c1ccccc1C. The number of ether oxygens (including phenoxy) is 2. The number of aromatic nitrogens is 1. The molecule has 164 valence electrons. The van der Waals surface area contributed by atoms with Crippen molar-refractivity contribution in [3.8, 4) is 5.75 Å². The summed E-state index contributed by atoms with van der Waals surface area (Å²) in [5.41, 5.74) is 4.94. The summed E-state index contributed by atoms with van der Waals surface area (Å²) in [4.78, 5) is 19.8. The Bertz CT molecular complexity index is 1020. The maximum atomic E-state index is 13.2. The normalized spacial score (nSPS) is 10.8. The van der Waals surface area contributed by atoms with E-state index in [-0.39, 0.29) is 5.91 Å². The Morgan fingerprint density at radius 3 is 2.61 bits per heavy atom. The van der Waals surface area contributed by atoms with Crippen molar-refractivity contribution in [1.29, 1.82) is 0 Å². The number of carbonyl (C=O) groups excluding carboxylic acids is 1. The minimum Gasteiger partial charge on any atom is -0.486 e. The molecule has 31 heavy (non-hydrogen) atoms. The Labute approximate surface area is 188 Å². The molecule has 6 heteroatoms. The van der Waals surface area contributed by atoms with Crippen molar-refractivity contribution >= 4 is 17.2 Å². The predicted octanol–water partition coefficient (Wildman–Crippen LogP) is 5.33. The van der Waals surface area contributed by atoms with Gasteiger partial charge in [-0.1, -0.05) is 30.3 Å². The monoisotopic (exact) mass is 438 g/mol. The van der Waals surface area contributed by atoms with E-state index in [1.54, 1.807) is 18.4 Å². The first kappa shape index (κ1) is 23.0. The van der Waals surface area contributed by atoms with Crippen LogP contribution in [0.5, 0.6) is 5.75 Å². The molecule has 3 aromatic rings. The van der Waals surface area contributed by atoms with Crippen LogP contribution in [0.2, 0.25) is 0 Å². The minimum absolute atomic E-state index is 0.0235. The Balaban J connectivity index is 1.68. The van der Waals surface area contributed by atoms with Gasteiger partial charge in [0, 0.05) is 31.2 Å². The molecule has 0 N–H and O–H groups in total. The summed E-state index contributed by atoms with van der Waals surface area (Å²) in [6, 6.07) is 13.8. The first-order valence-corrected chi connectivity index (χ1v) is 11.3. The van der Waals surface area contributed by atoms with Gasteiger partial charge in [-0.2, -0.15) is 0 Å². The fraction of sp³-hybridized carbons (Fsp3) is 0.360. The number of hydrogen-bond acceptors (Lipinski definition) is 5. The van der Waals surface area contributed by atoms with Gasteiger partial charge < -0.3 is 14.4 Å². The van der Waals surface area contributed by atoms with E-state index in [1.165, 1.54) is 5.56 Å². The molecule has 1 amide bonds. The Kier molecular flexibility index (Phi) is 8.20. The topological polar surface area (TPSA) is 51.7 Å². The van der Waals surface area contributed by atoms with Crippen LogP contribution in [0, 0.1) is 20.8 Å². The van der Waals surface area contributed by atoms with Crippen molar-refractivity contribution in [2.75, 3.05) is 20.3 Å². The summed E-state index contributed by atoms with van der Waals surface area (Å²) in [6.45, 7) is 8.23. The largest absolute Gasteiger partial charge is 0.486 e. The molecular weight excluding hydrogens is 408 g/mol. The maximum absolute atomic E-state index is 13.2. The molecule has 0 bridgehead atoms. The first-order valence-electron chi connectivity index (χ1n) is 10.5. The second kappa shape index (κ2) is 11.1. The van der Waals surface area contributed by atoms with Crippen molar-refractivity contribution in [2.24, 2.45) is 0 Å². The molecule has 0 aliphatic rings. The number of methoxy groups -OCH3 is 1. The lowest BCUT2D eigenvalue weighted by Crippen LogP contribution is -2.32. The Hall–Kier alpha value is -2.70. The van der Waals surface area contributed by atoms with Gasteiger partial charge in [0.1, 0.15) is 17.4 Å². The van der Waals surface area contributed by atoms with Crippen LogP contribution in [0.1, 0.15) is 44.2 Å². The molecule has 1 aromatic heterocycles. The molecule has 5 nitrogen and oxygen atoms in total. The number of benzene rings is 2. The quantitative estimate of drug-likeness (QED) is 0.402. The van der Waals surface area contributed by atoms with Gasteiger partial charge in [0.25, 0.3) is 5.91 Å². The van der Waals surface area contributed by atoms with Gasteiger partial charge in [-0.25, -0.2) is 4.98 Å². The van der Waals surface area contributed by atoms with Crippen LogP contribution < -0.4 is 4.74 Å². The summed E-state index contributed by atoms with van der Waals surface area (Å²) in [5.74, 6) is 0.906. The molecule has 0 saturated heterocycles. The molecule has 3 rings (SSSR count). The van der Waals surface area contributed by atoms with Crippen molar-refractivity contribution in [3.63, 3.8) is 0 Å². The first-order chi connectivity index (χ1) is 15.0. The fourth-order valence-corrected chi connectivity index (χ4v) is 4.04. The lowest BCUT2D eigenvalue weighted by Gasteiger charge is -2.22. The second-order valence-electron chi connectivity index (χ2n) is 7.61. The van der Waals surface area contributed by atoms with Gasteiger partial charge in [-0.15, -0.1) is 11.3 Å². The highest BCUT2D eigenvalue weighted by Gasteiger charge is 2.19. The second-order valence-corrected chi connectivity index (χ2v) is 8.55. The zero-order chi connectivity index (χ0) is 22.2. The van der Waals surface area contributed by atoms with E-state index in [0.717, 1.165) is 39.6 Å². The standard InChI is InChI=1S/C25H30N2O3S/c1-18-10-7-12-23(20(18)3)30-16-24-26-21(17-31-24)15-27(13-8-14-29-4)25(28)22-11-6-5-9-19(22)2/h5-7,9-12,17H,8,13-16H2,1-4H3. The van der Waals surface area contributed by atoms with Crippen LogP contribution in [0.25, 0.3) is 0 Å². The number of thiazole rings is 1. The maximum Gasteiger partial charge on any atom is 0.254 e. The summed E-state index contributed by atoms with van der Waals surface area (Å²) < 4.78 is 11.2. The summed E-state index contributed by atoms with van der Waals surface area (Å²) in [5, 5.41) is 2.91. The van der Waals surface area contributed by atoms with Crippen LogP contribution >= 0.6 is 11.3 Å². The third-order valence-electron chi connectivity index (χ3n) is 5.30. The van der Waals surface area contributed by atoms with Gasteiger partial charge in [-0.05, 0) is 56.0 Å². The molecule has 0 radical (unpaired) electrons. The van der Waals surface area contributed by atoms with Crippen molar-refractivity contribution in [1.82, 2.24) is 9.88 Å². The molecule has 0 fully saturated rings. The molecule has 1 heterocycles. The zero-order valence-electron chi connectivity index (χ0n) is 18.7. The van der Waals surface area contributed by atoms with Gasteiger partial charge >= 0.3 is 0 Å². The lowest BCUT2D eigenvalue weighted by atomic mass is 10.1. The van der Waals surface area contributed by atoms with E-state index in [4.69, 9.17) is 14.5 Å². The molecule has 2 aromatic carbocycles. The highest BCUT2D eigenvalue weighted by Crippen LogP contribution is 2.23. The number of hydrogen-bond donors (Lipinski definition) is 0. The fourth-order valence-electron chi connectivity index (χ4n) is 3.34. The van der Waals surface area contributed by atoms with Crippen molar-refractivity contribution in [2.45, 2.75) is 40.3 Å². The third-order valence-corrected chi connectivity index (χ3v) is 6.17. The van der Waals surface area contributed by atoms with Crippen molar-refractivity contribution in [3.05, 3.63) is 80.8 Å². The number of aryl methyl sites for hydroxylation is 2. The Morgan fingerprint density at radius 1 is 1.06 bits per heavy atom. The van der Waals surface area contributed by atoms with E-state index in [1.807, 2.05) is 53.6 Å². The van der Waals surface area contributed by atoms with Gasteiger partial charge in [-0.3, -0.25) is 4.79 Å². The molecule has 0 atom stereocenters. The van der Waals surface area contributed by atoms with E-state index in [2.05, 4.69) is 19.9 Å². The molecule has 0 unspecified atom stereocenters. The number of amides is 1. The van der Waals surface area contributed by atoms with E-state index < -0.39 is 0 Å². The van der Waals surface area contributed by atoms with Crippen LogP contribution in [-0.2, 0) is 17.9 Å². The zero-order valence-corrected chi connectivity index (χ0v) is 19.5. The van der Waals surface area contributed by atoms with Crippen LogP contribution in [0.15, 0.2) is 47.8 Å². The van der Waals surface area contributed by atoms with Gasteiger partial charge in [0.2, 0.25) is 0 Å². The van der Waals surface area contributed by atoms with Crippen LogP contribution in [0.4, 0.5) is 0 Å². The summed E-state index contributed by atoms with van der Waals surface area (Å²) in [6.07, 6.45) is 0.779. The number of nitrogens with zero attached hydrogens (tertiary/aromatic N) is 2. The Morgan fingerprint density at radius 2 is 1.84 bits per heavy atom. The molecular formula is C25H30N2O3S. The van der Waals surface area contributed by atoms with Gasteiger partial charge in [0.05, 0.1) is 12.2 Å². The summed E-state index contributed by atoms with van der Waals surface area (Å²) >= 11 is 1.56. The minimum atomic E-state index is 0.0235. The average molecular weight is 439 g/mol. The average Bonchev–Trinajstić information content (AvgIpc) is 3.21. The molecule has 0 aliphatic carbocycles. The molecule has 0 aliphatic heterocycles. The van der Waals surface area contributed by atoms with E-state index in [9.17, 15) is 4.79 Å². The van der Waals surface area contributed by atoms with E-state index >= 15 is 0 Å². The highest BCUT2D eigenvalue weighted by atomic mass is 32.1. The highest BCUT2D eigenvalue weighted by molar-refractivity contribution is 7.09. The number of rotatable bonds is 10. The van der Waals surface area contributed by atoms with E-state index in [0.29, 0.717) is 26.3 Å². The molecule has 0 spiro atoms. The third kappa shape index (κ3) is 6.15. The molecule has 0 saturated carbocycles. The predicted molar refractivity (Wildman–Crippen MR) is 125 cm³/mol. The number of carbonyl (C=O) groups is 1. The van der Waals surface area contributed by atoms with Crippen LogP contribution in [-0.4, -0.2) is 36.1 Å². The summed E-state index contributed by atoms with van der Waals surface area (Å²) in [7, 11) is 1.68. The van der Waals surface area contributed by atoms with Gasteiger partial charge in [0.15, 0.2) is 0 Å². The smallest absolute Gasteiger partial charge is 0.254 e. The van der Waals surface area contributed by atoms with Crippen molar-refractivity contribution < 1.29 is 14.3 Å². The lowest BCUT2D eigenvalue weighted by molar-refractivity contribution is 0.0721. The van der Waals surface area contributed by atoms with Crippen LogP contribution in [0.3, 0.4) is 0 Å².